The standard InChI is InChI=1S/C13H15N3O/c1-8-10-7-12-11(6-9(10)4-5-14-8)15(2)13(17)16(12)3/h6-7H,4-5H2,1-3H3. The van der Waals surface area contributed by atoms with Crippen LogP contribution >= 0.6 is 0 Å². The quantitative estimate of drug-likeness (QED) is 0.670. The lowest BCUT2D eigenvalue weighted by Crippen LogP contribution is -2.19. The van der Waals surface area contributed by atoms with Gasteiger partial charge in [-0.25, -0.2) is 4.79 Å². The van der Waals surface area contributed by atoms with Crippen molar-refractivity contribution in [2.75, 3.05) is 6.54 Å². The maximum absolute atomic E-state index is 11.9. The van der Waals surface area contributed by atoms with E-state index in [1.807, 2.05) is 21.0 Å². The van der Waals surface area contributed by atoms with Crippen molar-refractivity contribution in [3.63, 3.8) is 0 Å². The van der Waals surface area contributed by atoms with Gasteiger partial charge in [0, 0.05) is 31.9 Å². The summed E-state index contributed by atoms with van der Waals surface area (Å²) in [7, 11) is 3.63. The van der Waals surface area contributed by atoms with Gasteiger partial charge in [0.05, 0.1) is 11.0 Å². The van der Waals surface area contributed by atoms with Gasteiger partial charge in [-0.2, -0.15) is 0 Å². The molecule has 0 amide bonds. The van der Waals surface area contributed by atoms with Crippen LogP contribution in [-0.2, 0) is 20.5 Å². The molecular formula is C13H15N3O. The summed E-state index contributed by atoms with van der Waals surface area (Å²) in [6.07, 6.45) is 0.964. The van der Waals surface area contributed by atoms with E-state index in [0.29, 0.717) is 0 Å². The minimum absolute atomic E-state index is 0.0249. The molecule has 2 heterocycles. The fraction of sp³-hybridized carbons (Fsp3) is 0.385. The first-order valence-corrected chi connectivity index (χ1v) is 5.79. The molecule has 0 fully saturated rings. The summed E-state index contributed by atoms with van der Waals surface area (Å²) < 4.78 is 3.40. The highest BCUT2D eigenvalue weighted by molar-refractivity contribution is 6.03. The van der Waals surface area contributed by atoms with Gasteiger partial charge in [0.15, 0.2) is 0 Å². The molecule has 1 aliphatic rings. The first-order valence-electron chi connectivity index (χ1n) is 5.79. The molecule has 3 rings (SSSR count). The van der Waals surface area contributed by atoms with E-state index in [9.17, 15) is 4.79 Å². The van der Waals surface area contributed by atoms with Crippen molar-refractivity contribution in [2.24, 2.45) is 19.1 Å². The Morgan fingerprint density at radius 2 is 1.82 bits per heavy atom. The second kappa shape index (κ2) is 3.32. The molecule has 0 unspecified atom stereocenters. The average molecular weight is 229 g/mol. The van der Waals surface area contributed by atoms with Crippen molar-refractivity contribution < 1.29 is 0 Å². The molecular weight excluding hydrogens is 214 g/mol. The van der Waals surface area contributed by atoms with Gasteiger partial charge < -0.3 is 0 Å². The minimum atomic E-state index is 0.0249. The molecule has 0 N–H and O–H groups in total. The Morgan fingerprint density at radius 3 is 2.53 bits per heavy atom. The fourth-order valence-corrected chi connectivity index (χ4v) is 2.56. The Balaban J connectivity index is 2.45. The lowest BCUT2D eigenvalue weighted by Gasteiger charge is -2.14. The highest BCUT2D eigenvalue weighted by Gasteiger charge is 2.15. The number of nitrogens with zero attached hydrogens (tertiary/aromatic N) is 3. The van der Waals surface area contributed by atoms with Crippen molar-refractivity contribution in [1.29, 1.82) is 0 Å². The van der Waals surface area contributed by atoms with Crippen LogP contribution in [0.2, 0.25) is 0 Å². The molecule has 0 bridgehead atoms. The summed E-state index contributed by atoms with van der Waals surface area (Å²) in [5.41, 5.74) is 5.57. The summed E-state index contributed by atoms with van der Waals surface area (Å²) in [5, 5.41) is 0. The van der Waals surface area contributed by atoms with Gasteiger partial charge in [0.1, 0.15) is 0 Å². The predicted molar refractivity (Wildman–Crippen MR) is 68.9 cm³/mol. The van der Waals surface area contributed by atoms with Crippen molar-refractivity contribution in [2.45, 2.75) is 13.3 Å². The largest absolute Gasteiger partial charge is 0.328 e. The molecule has 2 aromatic rings. The number of hydrogen-bond acceptors (Lipinski definition) is 2. The van der Waals surface area contributed by atoms with Gasteiger partial charge in [-0.3, -0.25) is 14.1 Å². The molecule has 0 radical (unpaired) electrons. The normalized spacial score (nSPS) is 14.9. The van der Waals surface area contributed by atoms with E-state index in [1.54, 1.807) is 9.13 Å². The van der Waals surface area contributed by atoms with Crippen LogP contribution in [0.1, 0.15) is 18.1 Å². The number of aliphatic imine (C=N–C) groups is 1. The van der Waals surface area contributed by atoms with Gasteiger partial charge in [0.25, 0.3) is 0 Å². The van der Waals surface area contributed by atoms with Gasteiger partial charge in [0.2, 0.25) is 0 Å². The predicted octanol–water partition coefficient (Wildman–Crippen LogP) is 1.24. The van der Waals surface area contributed by atoms with Crippen LogP contribution in [0.3, 0.4) is 0 Å². The fourth-order valence-electron chi connectivity index (χ4n) is 2.56. The number of hydrogen-bond donors (Lipinski definition) is 0. The summed E-state index contributed by atoms with van der Waals surface area (Å²) in [6, 6.07) is 4.22. The van der Waals surface area contributed by atoms with E-state index in [0.717, 1.165) is 29.7 Å². The third kappa shape index (κ3) is 1.30. The van der Waals surface area contributed by atoms with Gasteiger partial charge in [-0.05, 0) is 31.0 Å². The van der Waals surface area contributed by atoms with Crippen molar-refractivity contribution in [1.82, 2.24) is 9.13 Å². The highest BCUT2D eigenvalue weighted by atomic mass is 16.1. The molecule has 1 aromatic carbocycles. The Bertz CT molecular complexity index is 704. The van der Waals surface area contributed by atoms with Crippen molar-refractivity contribution in [3.8, 4) is 0 Å². The number of benzene rings is 1. The van der Waals surface area contributed by atoms with E-state index in [4.69, 9.17) is 0 Å². The lowest BCUT2D eigenvalue weighted by molar-refractivity contribution is 0.795. The van der Waals surface area contributed by atoms with E-state index in [1.165, 1.54) is 11.1 Å². The van der Waals surface area contributed by atoms with Crippen LogP contribution < -0.4 is 5.69 Å². The minimum Gasteiger partial charge on any atom is -0.295 e. The molecule has 88 valence electrons. The number of aryl methyl sites for hydroxylation is 2. The Labute approximate surface area is 99.2 Å². The van der Waals surface area contributed by atoms with E-state index in [2.05, 4.69) is 17.1 Å². The average Bonchev–Trinajstić information content (AvgIpc) is 2.54. The zero-order valence-corrected chi connectivity index (χ0v) is 10.3. The van der Waals surface area contributed by atoms with Crippen LogP contribution in [0.5, 0.6) is 0 Å². The monoisotopic (exact) mass is 229 g/mol. The number of aromatic nitrogens is 2. The SMILES string of the molecule is CC1=NCCc2cc3c(cc21)n(C)c(=O)n3C. The lowest BCUT2D eigenvalue weighted by atomic mass is 9.97. The van der Waals surface area contributed by atoms with Gasteiger partial charge in [-0.15, -0.1) is 0 Å². The first-order chi connectivity index (χ1) is 8.09. The second-order valence-corrected chi connectivity index (χ2v) is 4.62. The zero-order valence-electron chi connectivity index (χ0n) is 10.3. The Hall–Kier alpha value is -1.84. The number of fused-ring (bicyclic) bond motifs is 2. The molecule has 0 aliphatic carbocycles. The van der Waals surface area contributed by atoms with E-state index in [-0.39, 0.29) is 5.69 Å². The molecule has 1 aromatic heterocycles. The van der Waals surface area contributed by atoms with Crippen LogP contribution in [-0.4, -0.2) is 21.4 Å². The second-order valence-electron chi connectivity index (χ2n) is 4.62. The Morgan fingerprint density at radius 1 is 1.18 bits per heavy atom. The van der Waals surface area contributed by atoms with E-state index >= 15 is 0 Å². The number of rotatable bonds is 0. The Kier molecular flexibility index (Phi) is 2.02. The number of imidazole rings is 1. The van der Waals surface area contributed by atoms with Crippen LogP contribution in [0, 0.1) is 0 Å². The third-order valence-electron chi connectivity index (χ3n) is 3.62. The topological polar surface area (TPSA) is 39.3 Å². The summed E-state index contributed by atoms with van der Waals surface area (Å²) in [4.78, 5) is 16.3. The molecule has 17 heavy (non-hydrogen) atoms. The van der Waals surface area contributed by atoms with E-state index < -0.39 is 0 Å². The first kappa shape index (κ1) is 10.3. The molecule has 0 atom stereocenters. The summed E-state index contributed by atoms with van der Waals surface area (Å²) in [5.74, 6) is 0. The molecule has 0 saturated carbocycles. The van der Waals surface area contributed by atoms with Crippen molar-refractivity contribution in [3.05, 3.63) is 33.7 Å². The summed E-state index contributed by atoms with van der Waals surface area (Å²) in [6.45, 7) is 2.88. The van der Waals surface area contributed by atoms with Crippen LogP contribution in [0.25, 0.3) is 11.0 Å². The van der Waals surface area contributed by atoms with Crippen LogP contribution in [0.4, 0.5) is 0 Å². The highest BCUT2D eigenvalue weighted by Crippen LogP contribution is 2.22. The molecule has 4 nitrogen and oxygen atoms in total. The van der Waals surface area contributed by atoms with Gasteiger partial charge >= 0.3 is 5.69 Å². The maximum atomic E-state index is 11.9. The zero-order chi connectivity index (χ0) is 12.2. The van der Waals surface area contributed by atoms with Crippen LogP contribution in [0.15, 0.2) is 21.9 Å². The third-order valence-corrected chi connectivity index (χ3v) is 3.62. The van der Waals surface area contributed by atoms with Gasteiger partial charge in [-0.1, -0.05) is 0 Å². The molecule has 1 aliphatic heterocycles. The molecule has 0 spiro atoms. The van der Waals surface area contributed by atoms with Crippen molar-refractivity contribution >= 4 is 16.7 Å². The molecule has 4 heteroatoms. The summed E-state index contributed by atoms with van der Waals surface area (Å²) >= 11 is 0. The maximum Gasteiger partial charge on any atom is 0.328 e. The molecule has 0 saturated heterocycles. The smallest absolute Gasteiger partial charge is 0.295 e.